The van der Waals surface area contributed by atoms with E-state index in [1.807, 2.05) is 43.3 Å². The Morgan fingerprint density at radius 2 is 1.49 bits per heavy atom. The first-order chi connectivity index (χ1) is 18.0. The third-order valence-corrected chi connectivity index (χ3v) is 7.21. The maximum atomic E-state index is 13.0. The van der Waals surface area contributed by atoms with Gasteiger partial charge in [-0.3, -0.25) is 5.32 Å². The standard InChI is InChI=1S/C33H30ClNO2/c1-3-8-23-13-15-24(16-14-23)25-17-19-26(20-18-25)30-21-27-9-4-5-11-29(27)32(30)35-33(36)37-22(2)28-10-6-7-12-31(28)34/h4-7,9-20,22H,3,8,21H2,1-2H3,(H,35,36)/t22-/m1/s1. The molecule has 1 N–H and O–H groups in total. The number of carbonyl (C=O) groups excluding carboxylic acids is 1. The SMILES string of the molecule is CCCc1ccc(-c2ccc(C3=C(NC(=O)O[C@H](C)c4ccccc4Cl)c4ccccc4C3)cc2)cc1. The lowest BCUT2D eigenvalue weighted by molar-refractivity contribution is 0.111. The van der Waals surface area contributed by atoms with Crippen LogP contribution in [0.5, 0.6) is 0 Å². The Hall–Kier alpha value is -3.82. The number of aryl methyl sites for hydroxylation is 1. The van der Waals surface area contributed by atoms with Crippen LogP contribution in [0.4, 0.5) is 4.79 Å². The minimum Gasteiger partial charge on any atom is -0.441 e. The van der Waals surface area contributed by atoms with E-state index in [1.165, 1.54) is 22.3 Å². The summed E-state index contributed by atoms with van der Waals surface area (Å²) in [6, 6.07) is 32.9. The summed E-state index contributed by atoms with van der Waals surface area (Å²) in [5, 5.41) is 3.62. The molecule has 0 radical (unpaired) electrons. The zero-order valence-electron chi connectivity index (χ0n) is 21.1. The Morgan fingerprint density at radius 3 is 2.19 bits per heavy atom. The number of allylic oxidation sites excluding steroid dienone is 1. The molecule has 0 aliphatic heterocycles. The summed E-state index contributed by atoms with van der Waals surface area (Å²) >= 11 is 6.30. The molecular weight excluding hydrogens is 478 g/mol. The molecule has 0 saturated heterocycles. The molecule has 0 spiro atoms. The van der Waals surface area contributed by atoms with Crippen LogP contribution >= 0.6 is 11.6 Å². The number of halogens is 1. The molecule has 4 aromatic rings. The lowest BCUT2D eigenvalue weighted by atomic mass is 9.98. The quantitative estimate of drug-likeness (QED) is 0.271. The van der Waals surface area contributed by atoms with Gasteiger partial charge in [0.25, 0.3) is 0 Å². The predicted molar refractivity (Wildman–Crippen MR) is 152 cm³/mol. The highest BCUT2D eigenvalue weighted by Crippen LogP contribution is 2.38. The number of fused-ring (bicyclic) bond motifs is 1. The molecule has 0 bridgehead atoms. The number of hydrogen-bond acceptors (Lipinski definition) is 2. The summed E-state index contributed by atoms with van der Waals surface area (Å²) < 4.78 is 5.71. The Balaban J connectivity index is 1.39. The zero-order valence-corrected chi connectivity index (χ0v) is 21.9. The molecule has 37 heavy (non-hydrogen) atoms. The van der Waals surface area contributed by atoms with Gasteiger partial charge in [-0.2, -0.15) is 0 Å². The lowest BCUT2D eigenvalue weighted by Gasteiger charge is -2.17. The van der Waals surface area contributed by atoms with Crippen LogP contribution in [0.1, 0.15) is 54.2 Å². The van der Waals surface area contributed by atoms with Gasteiger partial charge in [-0.1, -0.05) is 116 Å². The van der Waals surface area contributed by atoms with Gasteiger partial charge >= 0.3 is 6.09 Å². The third kappa shape index (κ3) is 5.47. The van der Waals surface area contributed by atoms with Crippen LogP contribution < -0.4 is 5.32 Å². The highest BCUT2D eigenvalue weighted by Gasteiger charge is 2.25. The molecule has 0 aromatic heterocycles. The smallest absolute Gasteiger partial charge is 0.412 e. The average Bonchev–Trinajstić information content (AvgIpc) is 3.28. The van der Waals surface area contributed by atoms with Crippen molar-refractivity contribution in [1.82, 2.24) is 5.32 Å². The van der Waals surface area contributed by atoms with Gasteiger partial charge in [0.15, 0.2) is 0 Å². The van der Waals surface area contributed by atoms with Crippen LogP contribution in [0.15, 0.2) is 97.1 Å². The van der Waals surface area contributed by atoms with E-state index in [0.717, 1.165) is 47.2 Å². The monoisotopic (exact) mass is 507 g/mol. The number of hydrogen-bond donors (Lipinski definition) is 1. The molecule has 4 aromatic carbocycles. The summed E-state index contributed by atoms with van der Waals surface area (Å²) in [7, 11) is 0. The summed E-state index contributed by atoms with van der Waals surface area (Å²) in [5.74, 6) is 0. The van der Waals surface area contributed by atoms with E-state index in [-0.39, 0.29) is 0 Å². The number of amides is 1. The normalized spacial score (nSPS) is 13.3. The van der Waals surface area contributed by atoms with Gasteiger partial charge < -0.3 is 4.74 Å². The second-order valence-electron chi connectivity index (χ2n) is 9.41. The second-order valence-corrected chi connectivity index (χ2v) is 9.81. The topological polar surface area (TPSA) is 38.3 Å². The number of alkyl carbamates (subject to hydrolysis) is 1. The van der Waals surface area contributed by atoms with Crippen LogP contribution in [-0.2, 0) is 17.6 Å². The van der Waals surface area contributed by atoms with Crippen molar-refractivity contribution in [3.63, 3.8) is 0 Å². The summed E-state index contributed by atoms with van der Waals surface area (Å²) in [4.78, 5) is 13.0. The van der Waals surface area contributed by atoms with Gasteiger partial charge in [0.1, 0.15) is 6.10 Å². The third-order valence-electron chi connectivity index (χ3n) is 6.87. The van der Waals surface area contributed by atoms with E-state index in [2.05, 4.69) is 66.8 Å². The molecule has 0 unspecified atom stereocenters. The summed E-state index contributed by atoms with van der Waals surface area (Å²) in [5.41, 5.74) is 9.67. The Bertz CT molecular complexity index is 1440. The largest absolute Gasteiger partial charge is 0.441 e. The van der Waals surface area contributed by atoms with Crippen molar-refractivity contribution in [2.45, 2.75) is 39.2 Å². The van der Waals surface area contributed by atoms with E-state index in [0.29, 0.717) is 5.02 Å². The number of nitrogens with one attached hydrogen (secondary N) is 1. The van der Waals surface area contributed by atoms with Crippen molar-refractivity contribution in [3.05, 3.63) is 130 Å². The van der Waals surface area contributed by atoms with Crippen molar-refractivity contribution in [2.75, 3.05) is 0 Å². The molecule has 1 amide bonds. The molecule has 4 heteroatoms. The molecular formula is C33H30ClNO2. The van der Waals surface area contributed by atoms with E-state index in [9.17, 15) is 4.79 Å². The van der Waals surface area contributed by atoms with E-state index in [4.69, 9.17) is 16.3 Å². The number of benzene rings is 4. The highest BCUT2D eigenvalue weighted by molar-refractivity contribution is 6.31. The Labute approximate surface area is 223 Å². The number of carbonyl (C=O) groups is 1. The van der Waals surface area contributed by atoms with Crippen molar-refractivity contribution >= 4 is 29.0 Å². The van der Waals surface area contributed by atoms with Gasteiger partial charge in [0.05, 0.1) is 5.70 Å². The second kappa shape index (κ2) is 11.1. The molecule has 5 rings (SSSR count). The Kier molecular flexibility index (Phi) is 7.43. The fourth-order valence-corrected chi connectivity index (χ4v) is 5.22. The lowest BCUT2D eigenvalue weighted by Crippen LogP contribution is -2.24. The summed E-state index contributed by atoms with van der Waals surface area (Å²) in [6.07, 6.45) is 2.02. The minimum absolute atomic E-state index is 0.475. The van der Waals surface area contributed by atoms with Gasteiger partial charge in [-0.15, -0.1) is 0 Å². The number of rotatable bonds is 7. The molecule has 0 heterocycles. The van der Waals surface area contributed by atoms with Gasteiger partial charge in [-0.05, 0) is 52.8 Å². The molecule has 0 fully saturated rings. The first-order valence-corrected chi connectivity index (χ1v) is 13.1. The van der Waals surface area contributed by atoms with Crippen LogP contribution in [0.25, 0.3) is 22.4 Å². The maximum Gasteiger partial charge on any atom is 0.412 e. The fourth-order valence-electron chi connectivity index (χ4n) is 4.93. The number of ether oxygens (including phenoxy) is 1. The first kappa shape index (κ1) is 24.9. The van der Waals surface area contributed by atoms with Crippen molar-refractivity contribution < 1.29 is 9.53 Å². The van der Waals surface area contributed by atoms with E-state index in [1.54, 1.807) is 6.07 Å². The maximum absolute atomic E-state index is 13.0. The van der Waals surface area contributed by atoms with Crippen LogP contribution in [0, 0.1) is 0 Å². The van der Waals surface area contributed by atoms with E-state index < -0.39 is 12.2 Å². The predicted octanol–water partition coefficient (Wildman–Crippen LogP) is 8.87. The Morgan fingerprint density at radius 1 is 0.865 bits per heavy atom. The van der Waals surface area contributed by atoms with Crippen LogP contribution in [-0.4, -0.2) is 6.09 Å². The van der Waals surface area contributed by atoms with Gasteiger partial charge in [0.2, 0.25) is 0 Å². The zero-order chi connectivity index (χ0) is 25.8. The van der Waals surface area contributed by atoms with Crippen molar-refractivity contribution in [1.29, 1.82) is 0 Å². The molecule has 0 saturated carbocycles. The van der Waals surface area contributed by atoms with Crippen LogP contribution in [0.3, 0.4) is 0 Å². The fraction of sp³-hybridized carbons (Fsp3) is 0.182. The molecule has 1 aliphatic carbocycles. The van der Waals surface area contributed by atoms with Crippen molar-refractivity contribution in [3.8, 4) is 11.1 Å². The first-order valence-electron chi connectivity index (χ1n) is 12.8. The van der Waals surface area contributed by atoms with Gasteiger partial charge in [0, 0.05) is 22.6 Å². The summed E-state index contributed by atoms with van der Waals surface area (Å²) in [6.45, 7) is 4.02. The van der Waals surface area contributed by atoms with Gasteiger partial charge in [-0.25, -0.2) is 4.79 Å². The molecule has 1 aliphatic rings. The van der Waals surface area contributed by atoms with Crippen molar-refractivity contribution in [2.24, 2.45) is 0 Å². The minimum atomic E-state index is -0.500. The molecule has 1 atom stereocenters. The van der Waals surface area contributed by atoms with E-state index >= 15 is 0 Å². The molecule has 186 valence electrons. The average molecular weight is 508 g/mol. The van der Waals surface area contributed by atoms with Crippen LogP contribution in [0.2, 0.25) is 5.02 Å². The highest BCUT2D eigenvalue weighted by atomic mass is 35.5. The molecule has 3 nitrogen and oxygen atoms in total.